The highest BCUT2D eigenvalue weighted by atomic mass is 28.3. The summed E-state index contributed by atoms with van der Waals surface area (Å²) in [5.41, 5.74) is 0. The molecule has 0 aliphatic heterocycles. The fraction of sp³-hybridized carbons (Fsp3) is 0.364. The number of hydrogen-bond acceptors (Lipinski definition) is 2. The lowest BCUT2D eigenvalue weighted by molar-refractivity contribution is -0.131. The molecule has 2 nitrogen and oxygen atoms in total. The van der Waals surface area contributed by atoms with E-state index in [0.29, 0.717) is 11.8 Å². The summed E-state index contributed by atoms with van der Waals surface area (Å²) in [6.07, 6.45) is 0. The molecule has 14 heavy (non-hydrogen) atoms. The number of carbonyl (C=O) groups excluding carboxylic acids is 1. The maximum Gasteiger partial charge on any atom is 0.308 e. The van der Waals surface area contributed by atoms with Gasteiger partial charge in [0.05, 0.1) is 8.07 Å². The van der Waals surface area contributed by atoms with Gasteiger partial charge in [-0.2, -0.15) is 0 Å². The number of benzene rings is 1. The fourth-order valence-corrected chi connectivity index (χ4v) is 2.03. The number of carbonyl (C=O) groups is 1. The van der Waals surface area contributed by atoms with Gasteiger partial charge in [0.25, 0.3) is 0 Å². The van der Waals surface area contributed by atoms with Crippen molar-refractivity contribution in [3.8, 4) is 5.75 Å². The molecule has 0 saturated carbocycles. The Labute approximate surface area is 85.9 Å². The highest BCUT2D eigenvalue weighted by Crippen LogP contribution is 2.13. The van der Waals surface area contributed by atoms with Gasteiger partial charge in [-0.3, -0.25) is 4.79 Å². The summed E-state index contributed by atoms with van der Waals surface area (Å²) < 4.78 is 5.19. The van der Waals surface area contributed by atoms with Crippen LogP contribution >= 0.6 is 0 Å². The van der Waals surface area contributed by atoms with Crippen molar-refractivity contribution in [2.75, 3.05) is 0 Å². The maximum absolute atomic E-state index is 11.4. The Bertz CT molecular complexity index is 301. The molecule has 0 radical (unpaired) electrons. The van der Waals surface area contributed by atoms with E-state index < -0.39 is 8.07 Å². The summed E-state index contributed by atoms with van der Waals surface area (Å²) in [6.45, 7) is 6.46. The van der Waals surface area contributed by atoms with E-state index in [9.17, 15) is 4.79 Å². The predicted octanol–water partition coefficient (Wildman–Crippen LogP) is 2.93. The number of esters is 1. The third kappa shape index (κ3) is 4.23. The Hall–Kier alpha value is -1.09. The molecule has 1 aromatic rings. The third-order valence-electron chi connectivity index (χ3n) is 1.65. The van der Waals surface area contributed by atoms with E-state index >= 15 is 0 Å². The van der Waals surface area contributed by atoms with Gasteiger partial charge in [0.15, 0.2) is 0 Å². The number of hydrogen-bond donors (Lipinski definition) is 0. The van der Waals surface area contributed by atoms with Gasteiger partial charge < -0.3 is 4.74 Å². The third-order valence-corrected chi connectivity index (χ3v) is 3.00. The lowest BCUT2D eigenvalue weighted by Crippen LogP contribution is -2.26. The van der Waals surface area contributed by atoms with E-state index in [1.807, 2.05) is 18.2 Å². The minimum atomic E-state index is -1.35. The zero-order valence-electron chi connectivity index (χ0n) is 8.91. The Morgan fingerprint density at radius 2 is 1.79 bits per heavy atom. The molecule has 76 valence electrons. The van der Waals surface area contributed by atoms with Crippen LogP contribution < -0.4 is 4.74 Å². The van der Waals surface area contributed by atoms with Crippen LogP contribution in [-0.2, 0) is 4.79 Å². The normalized spacial score (nSPS) is 11.1. The van der Waals surface area contributed by atoms with Gasteiger partial charge in [-0.05, 0) is 12.1 Å². The summed E-state index contributed by atoms with van der Waals surface area (Å²) in [6, 6.07) is 9.77. The molecule has 0 aliphatic rings. The molecule has 0 amide bonds. The Balaban J connectivity index is 2.50. The van der Waals surface area contributed by atoms with Crippen LogP contribution in [0.2, 0.25) is 25.7 Å². The van der Waals surface area contributed by atoms with Gasteiger partial charge in [-0.25, -0.2) is 0 Å². The Kier molecular flexibility index (Phi) is 3.47. The van der Waals surface area contributed by atoms with E-state index in [0.717, 1.165) is 0 Å². The van der Waals surface area contributed by atoms with E-state index in [2.05, 4.69) is 19.6 Å². The monoisotopic (exact) mass is 208 g/mol. The molecule has 3 heteroatoms. The number of ether oxygens (including phenoxy) is 1. The van der Waals surface area contributed by atoms with Crippen molar-refractivity contribution >= 4 is 14.0 Å². The van der Waals surface area contributed by atoms with Crippen molar-refractivity contribution < 1.29 is 9.53 Å². The zero-order valence-corrected chi connectivity index (χ0v) is 9.91. The highest BCUT2D eigenvalue weighted by Gasteiger charge is 2.19. The van der Waals surface area contributed by atoms with Crippen molar-refractivity contribution in [2.45, 2.75) is 25.7 Å². The molecule has 0 bridgehead atoms. The van der Waals surface area contributed by atoms with Crippen LogP contribution in [0.15, 0.2) is 30.3 Å². The standard InChI is InChI=1S/C11H16O2Si/c1-14(2,3)9-11(12)13-10-7-5-4-6-8-10/h4-8H,9H2,1-3H3. The molecule has 1 rings (SSSR count). The first-order valence-electron chi connectivity index (χ1n) is 4.73. The molecular weight excluding hydrogens is 192 g/mol. The molecule has 0 N–H and O–H groups in total. The second-order valence-corrected chi connectivity index (χ2v) is 10.00. The first kappa shape index (κ1) is 11.0. The molecule has 0 aromatic heterocycles. The quantitative estimate of drug-likeness (QED) is 0.434. The first-order valence-corrected chi connectivity index (χ1v) is 8.44. The topological polar surface area (TPSA) is 26.3 Å². The molecule has 0 aliphatic carbocycles. The van der Waals surface area contributed by atoms with Gasteiger partial charge in [-0.15, -0.1) is 0 Å². The second kappa shape index (κ2) is 4.42. The van der Waals surface area contributed by atoms with Gasteiger partial charge in [-0.1, -0.05) is 37.8 Å². The summed E-state index contributed by atoms with van der Waals surface area (Å²) >= 11 is 0. The van der Waals surface area contributed by atoms with Crippen LogP contribution in [0.5, 0.6) is 5.75 Å². The van der Waals surface area contributed by atoms with E-state index in [-0.39, 0.29) is 5.97 Å². The van der Waals surface area contributed by atoms with E-state index in [4.69, 9.17) is 4.74 Å². The zero-order chi connectivity index (χ0) is 10.6. The predicted molar refractivity (Wildman–Crippen MR) is 60.2 cm³/mol. The maximum atomic E-state index is 11.4. The van der Waals surface area contributed by atoms with Gasteiger partial charge >= 0.3 is 5.97 Å². The van der Waals surface area contributed by atoms with Crippen molar-refractivity contribution in [3.63, 3.8) is 0 Å². The van der Waals surface area contributed by atoms with Crippen molar-refractivity contribution in [1.29, 1.82) is 0 Å². The molecule has 0 spiro atoms. The lowest BCUT2D eigenvalue weighted by Gasteiger charge is -2.14. The summed E-state index contributed by atoms with van der Waals surface area (Å²) in [5.74, 6) is 0.520. The van der Waals surface area contributed by atoms with Gasteiger partial charge in [0.1, 0.15) is 5.75 Å². The van der Waals surface area contributed by atoms with Crippen LogP contribution in [0.4, 0.5) is 0 Å². The average Bonchev–Trinajstić information content (AvgIpc) is 2.02. The SMILES string of the molecule is C[Si](C)(C)CC(=O)Oc1ccccc1. The van der Waals surface area contributed by atoms with Gasteiger partial charge in [0, 0.05) is 6.04 Å². The summed E-state index contributed by atoms with van der Waals surface area (Å²) in [5, 5.41) is 0. The lowest BCUT2D eigenvalue weighted by atomic mass is 10.3. The van der Waals surface area contributed by atoms with Crippen LogP contribution in [0.25, 0.3) is 0 Å². The molecule has 1 aromatic carbocycles. The Morgan fingerprint density at radius 3 is 2.29 bits per heavy atom. The average molecular weight is 208 g/mol. The molecule has 0 fully saturated rings. The number of rotatable bonds is 3. The molecule has 0 saturated heterocycles. The first-order chi connectivity index (χ1) is 6.47. The van der Waals surface area contributed by atoms with Crippen LogP contribution in [0.1, 0.15) is 0 Å². The largest absolute Gasteiger partial charge is 0.427 e. The van der Waals surface area contributed by atoms with Crippen LogP contribution in [0.3, 0.4) is 0 Å². The van der Waals surface area contributed by atoms with Crippen molar-refractivity contribution in [3.05, 3.63) is 30.3 Å². The fourth-order valence-electron chi connectivity index (χ4n) is 1.09. The van der Waals surface area contributed by atoms with E-state index in [1.165, 1.54) is 0 Å². The minimum absolute atomic E-state index is 0.115. The Morgan fingerprint density at radius 1 is 1.21 bits per heavy atom. The second-order valence-electron chi connectivity index (χ2n) is 4.52. The van der Waals surface area contributed by atoms with Crippen molar-refractivity contribution in [1.82, 2.24) is 0 Å². The van der Waals surface area contributed by atoms with Crippen LogP contribution in [-0.4, -0.2) is 14.0 Å². The van der Waals surface area contributed by atoms with Gasteiger partial charge in [0.2, 0.25) is 0 Å². The molecule has 0 atom stereocenters. The van der Waals surface area contributed by atoms with E-state index in [1.54, 1.807) is 12.1 Å². The smallest absolute Gasteiger partial charge is 0.308 e. The van der Waals surface area contributed by atoms with Crippen LogP contribution in [0, 0.1) is 0 Å². The molecule has 0 heterocycles. The number of para-hydroxylation sites is 1. The molecular formula is C11H16O2Si. The van der Waals surface area contributed by atoms with Crippen molar-refractivity contribution in [2.24, 2.45) is 0 Å². The highest BCUT2D eigenvalue weighted by molar-refractivity contribution is 6.78. The molecule has 0 unspecified atom stereocenters. The minimum Gasteiger partial charge on any atom is -0.427 e. The summed E-state index contributed by atoms with van der Waals surface area (Å²) in [7, 11) is -1.35. The summed E-state index contributed by atoms with van der Waals surface area (Å²) in [4.78, 5) is 11.4.